The van der Waals surface area contributed by atoms with Gasteiger partial charge in [0.15, 0.2) is 0 Å². The number of halogens is 1. The van der Waals surface area contributed by atoms with Crippen molar-refractivity contribution >= 4 is 0 Å². The van der Waals surface area contributed by atoms with Crippen LogP contribution in [-0.4, -0.2) is 12.2 Å². The number of methoxy groups -OCH3 is 1. The van der Waals surface area contributed by atoms with E-state index in [9.17, 15) is 9.50 Å². The molecule has 2 rings (SSSR count). The molecule has 2 aromatic carbocycles. The molecule has 0 heterocycles. The maximum absolute atomic E-state index is 13.8. The van der Waals surface area contributed by atoms with Crippen LogP contribution in [0.15, 0.2) is 36.4 Å². The molecule has 0 aliphatic rings. The number of hydrogen-bond acceptors (Lipinski definition) is 4. The van der Waals surface area contributed by atoms with Gasteiger partial charge in [0.25, 0.3) is 0 Å². The van der Waals surface area contributed by atoms with E-state index in [1.54, 1.807) is 18.2 Å². The second-order valence-electron chi connectivity index (χ2n) is 4.44. The van der Waals surface area contributed by atoms with E-state index in [-0.39, 0.29) is 11.3 Å². The first kappa shape index (κ1) is 14.8. The van der Waals surface area contributed by atoms with Gasteiger partial charge in [0.1, 0.15) is 23.1 Å². The summed E-state index contributed by atoms with van der Waals surface area (Å²) < 4.78 is 24.5. The van der Waals surface area contributed by atoms with Gasteiger partial charge in [-0.3, -0.25) is 0 Å². The summed E-state index contributed by atoms with van der Waals surface area (Å²) >= 11 is 0. The van der Waals surface area contributed by atoms with Gasteiger partial charge in [-0.25, -0.2) is 4.39 Å². The Kier molecular flexibility index (Phi) is 4.41. The Balaban J connectivity index is 2.43. The van der Waals surface area contributed by atoms with Crippen molar-refractivity contribution in [1.29, 1.82) is 5.26 Å². The molecule has 2 aromatic rings. The van der Waals surface area contributed by atoms with Crippen molar-refractivity contribution in [3.63, 3.8) is 0 Å². The Morgan fingerprint density at radius 3 is 2.57 bits per heavy atom. The number of ether oxygens (including phenoxy) is 2. The Labute approximate surface area is 122 Å². The summed E-state index contributed by atoms with van der Waals surface area (Å²) in [5, 5.41) is 18.6. The average molecular weight is 287 g/mol. The van der Waals surface area contributed by atoms with Gasteiger partial charge in [-0.05, 0) is 31.2 Å². The molecule has 0 bridgehead atoms. The van der Waals surface area contributed by atoms with Gasteiger partial charge in [0.05, 0.1) is 30.4 Å². The van der Waals surface area contributed by atoms with Crippen LogP contribution in [0.3, 0.4) is 0 Å². The molecule has 0 aliphatic heterocycles. The maximum Gasteiger partial charge on any atom is 0.136 e. The van der Waals surface area contributed by atoms with E-state index in [4.69, 9.17) is 14.7 Å². The first-order valence-electron chi connectivity index (χ1n) is 6.28. The topological polar surface area (TPSA) is 62.5 Å². The van der Waals surface area contributed by atoms with Gasteiger partial charge in [-0.1, -0.05) is 6.07 Å². The number of rotatable bonds is 4. The first-order chi connectivity index (χ1) is 10.0. The lowest BCUT2D eigenvalue weighted by molar-refractivity contribution is 0.190. The smallest absolute Gasteiger partial charge is 0.136 e. The summed E-state index contributed by atoms with van der Waals surface area (Å²) in [6.45, 7) is 1.46. The van der Waals surface area contributed by atoms with Crippen molar-refractivity contribution in [1.82, 2.24) is 0 Å². The predicted molar refractivity (Wildman–Crippen MR) is 74.8 cm³/mol. The molecular weight excluding hydrogens is 273 g/mol. The molecule has 0 fully saturated rings. The summed E-state index contributed by atoms with van der Waals surface area (Å²) in [6, 6.07) is 10.9. The van der Waals surface area contributed by atoms with E-state index in [1.165, 1.54) is 32.2 Å². The molecule has 1 N–H and O–H groups in total. The zero-order valence-electron chi connectivity index (χ0n) is 11.6. The molecule has 0 saturated carbocycles. The highest BCUT2D eigenvalue weighted by molar-refractivity contribution is 5.47. The molecular formula is C16H14FNO3. The SMILES string of the molecule is COc1cc(C#N)cc(Oc2cccc(F)c2C(C)O)c1. The van der Waals surface area contributed by atoms with E-state index >= 15 is 0 Å². The summed E-state index contributed by atoms with van der Waals surface area (Å²) in [5.74, 6) is 0.436. The Morgan fingerprint density at radius 1 is 1.24 bits per heavy atom. The second-order valence-corrected chi connectivity index (χ2v) is 4.44. The fourth-order valence-electron chi connectivity index (χ4n) is 1.95. The third-order valence-electron chi connectivity index (χ3n) is 2.90. The summed E-state index contributed by atoms with van der Waals surface area (Å²) in [7, 11) is 1.48. The lowest BCUT2D eigenvalue weighted by atomic mass is 10.1. The van der Waals surface area contributed by atoms with E-state index in [0.29, 0.717) is 17.1 Å². The molecule has 0 aromatic heterocycles. The highest BCUT2D eigenvalue weighted by atomic mass is 19.1. The lowest BCUT2D eigenvalue weighted by Crippen LogP contribution is -2.00. The molecule has 108 valence electrons. The van der Waals surface area contributed by atoms with Crippen molar-refractivity contribution in [2.75, 3.05) is 7.11 Å². The number of hydrogen-bond donors (Lipinski definition) is 1. The normalized spacial score (nSPS) is 11.6. The van der Waals surface area contributed by atoms with Crippen molar-refractivity contribution < 1.29 is 19.0 Å². The van der Waals surface area contributed by atoms with Gasteiger partial charge in [0, 0.05) is 6.07 Å². The lowest BCUT2D eigenvalue weighted by Gasteiger charge is -2.14. The molecule has 0 spiro atoms. The number of benzene rings is 2. The van der Waals surface area contributed by atoms with Crippen LogP contribution in [0.25, 0.3) is 0 Å². The second kappa shape index (κ2) is 6.25. The van der Waals surface area contributed by atoms with E-state index < -0.39 is 11.9 Å². The standard InChI is InChI=1S/C16H14FNO3/c1-10(19)16-14(17)4-3-5-15(16)21-13-7-11(9-18)6-12(8-13)20-2/h3-8,10,19H,1-2H3. The third kappa shape index (κ3) is 3.30. The largest absolute Gasteiger partial charge is 0.497 e. The van der Waals surface area contributed by atoms with Crippen LogP contribution in [0.1, 0.15) is 24.2 Å². The summed E-state index contributed by atoms with van der Waals surface area (Å²) in [4.78, 5) is 0. The van der Waals surface area contributed by atoms with Crippen LogP contribution in [-0.2, 0) is 0 Å². The molecule has 0 aliphatic carbocycles. The molecule has 21 heavy (non-hydrogen) atoms. The van der Waals surface area contributed by atoms with Crippen molar-refractivity contribution in [2.45, 2.75) is 13.0 Å². The van der Waals surface area contributed by atoms with Crippen LogP contribution in [0.2, 0.25) is 0 Å². The number of aliphatic hydroxyl groups is 1. The van der Waals surface area contributed by atoms with Gasteiger partial charge in [0.2, 0.25) is 0 Å². The van der Waals surface area contributed by atoms with Crippen LogP contribution < -0.4 is 9.47 Å². The summed E-state index contributed by atoms with van der Waals surface area (Å²) in [5.41, 5.74) is 0.429. The highest BCUT2D eigenvalue weighted by Gasteiger charge is 2.15. The summed E-state index contributed by atoms with van der Waals surface area (Å²) in [6.07, 6.45) is -1.01. The van der Waals surface area contributed by atoms with Gasteiger partial charge < -0.3 is 14.6 Å². The molecule has 4 nitrogen and oxygen atoms in total. The molecule has 0 amide bonds. The monoisotopic (exact) mass is 287 g/mol. The van der Waals surface area contributed by atoms with E-state index in [0.717, 1.165) is 0 Å². The maximum atomic E-state index is 13.8. The van der Waals surface area contributed by atoms with Crippen LogP contribution in [0.4, 0.5) is 4.39 Å². The Hall–Kier alpha value is -2.58. The molecule has 0 saturated heterocycles. The number of nitriles is 1. The Bertz CT molecular complexity index is 692. The number of nitrogens with zero attached hydrogens (tertiary/aromatic N) is 1. The fraction of sp³-hybridized carbons (Fsp3) is 0.188. The van der Waals surface area contributed by atoms with Crippen LogP contribution in [0.5, 0.6) is 17.2 Å². The minimum Gasteiger partial charge on any atom is -0.497 e. The van der Waals surface area contributed by atoms with E-state index in [2.05, 4.69) is 0 Å². The molecule has 1 atom stereocenters. The van der Waals surface area contributed by atoms with Crippen LogP contribution in [0, 0.1) is 17.1 Å². The zero-order valence-corrected chi connectivity index (χ0v) is 11.6. The highest BCUT2D eigenvalue weighted by Crippen LogP contribution is 2.33. The third-order valence-corrected chi connectivity index (χ3v) is 2.90. The van der Waals surface area contributed by atoms with Crippen molar-refractivity contribution in [3.8, 4) is 23.3 Å². The van der Waals surface area contributed by atoms with Gasteiger partial charge in [-0.15, -0.1) is 0 Å². The predicted octanol–water partition coefficient (Wildman–Crippen LogP) is 3.55. The van der Waals surface area contributed by atoms with Gasteiger partial charge >= 0.3 is 0 Å². The first-order valence-corrected chi connectivity index (χ1v) is 6.28. The van der Waals surface area contributed by atoms with E-state index in [1.807, 2.05) is 6.07 Å². The van der Waals surface area contributed by atoms with Crippen molar-refractivity contribution in [3.05, 3.63) is 53.3 Å². The average Bonchev–Trinajstić information content (AvgIpc) is 2.46. The quantitative estimate of drug-likeness (QED) is 0.934. The zero-order chi connectivity index (χ0) is 15.4. The van der Waals surface area contributed by atoms with Crippen molar-refractivity contribution in [2.24, 2.45) is 0 Å². The molecule has 1 unspecified atom stereocenters. The molecule has 5 heteroatoms. The minimum absolute atomic E-state index is 0.0684. The molecule has 0 radical (unpaired) electrons. The van der Waals surface area contributed by atoms with Gasteiger partial charge in [-0.2, -0.15) is 5.26 Å². The fourth-order valence-corrected chi connectivity index (χ4v) is 1.95. The Morgan fingerprint density at radius 2 is 1.95 bits per heavy atom. The minimum atomic E-state index is -1.01. The van der Waals surface area contributed by atoms with Crippen LogP contribution >= 0.6 is 0 Å². The number of aliphatic hydroxyl groups excluding tert-OH is 1.